The van der Waals surface area contributed by atoms with Crippen molar-refractivity contribution in [1.29, 1.82) is 0 Å². The molecule has 0 saturated carbocycles. The fourth-order valence-corrected chi connectivity index (χ4v) is 3.19. The van der Waals surface area contributed by atoms with E-state index >= 15 is 0 Å². The van der Waals surface area contributed by atoms with Crippen LogP contribution in [0.5, 0.6) is 5.75 Å². The van der Waals surface area contributed by atoms with Crippen LogP contribution < -0.4 is 4.74 Å². The van der Waals surface area contributed by atoms with E-state index in [0.29, 0.717) is 12.4 Å². The number of H-pyrrole nitrogens is 1. The predicted octanol–water partition coefficient (Wildman–Crippen LogP) is 5.40. The summed E-state index contributed by atoms with van der Waals surface area (Å²) in [6.45, 7) is 0.366. The molecule has 0 spiro atoms. The number of aromatic amines is 1. The van der Waals surface area contributed by atoms with E-state index in [2.05, 4.69) is 9.97 Å². The first-order valence-corrected chi connectivity index (χ1v) is 10.3. The van der Waals surface area contributed by atoms with Crippen molar-refractivity contribution in [1.82, 2.24) is 9.97 Å². The average molecular weight is 422 g/mol. The zero-order valence-electron chi connectivity index (χ0n) is 17.4. The summed E-state index contributed by atoms with van der Waals surface area (Å²) in [6, 6.07) is 20.9. The Balaban J connectivity index is 1.30. The van der Waals surface area contributed by atoms with Crippen LogP contribution in [0.1, 0.15) is 23.2 Å². The molecule has 0 bridgehead atoms. The molecule has 32 heavy (non-hydrogen) atoms. The van der Waals surface area contributed by atoms with Gasteiger partial charge in [-0.25, -0.2) is 0 Å². The molecule has 2 aromatic carbocycles. The molecule has 2 aromatic heterocycles. The van der Waals surface area contributed by atoms with E-state index in [0.717, 1.165) is 27.7 Å². The zero-order valence-corrected chi connectivity index (χ0v) is 17.4. The molecule has 0 radical (unpaired) electrons. The Morgan fingerprint density at radius 2 is 1.69 bits per heavy atom. The van der Waals surface area contributed by atoms with Crippen LogP contribution in [-0.2, 0) is 16.2 Å². The molecule has 0 aliphatic carbocycles. The van der Waals surface area contributed by atoms with Crippen molar-refractivity contribution in [3.63, 3.8) is 0 Å². The normalized spacial score (nSPS) is 11.4. The highest BCUT2D eigenvalue weighted by molar-refractivity contribution is 6.11. The van der Waals surface area contributed by atoms with Gasteiger partial charge in [0.25, 0.3) is 0 Å². The maximum Gasteiger partial charge on any atom is 0.163 e. The summed E-state index contributed by atoms with van der Waals surface area (Å²) in [7, 11) is 0. The third-order valence-electron chi connectivity index (χ3n) is 4.82. The van der Waals surface area contributed by atoms with Crippen molar-refractivity contribution in [2.24, 2.45) is 0 Å². The molecule has 4 aromatic rings. The minimum Gasteiger partial charge on any atom is -0.487 e. The largest absolute Gasteiger partial charge is 0.487 e. The Bertz CT molecular complexity index is 1290. The molecule has 2 heterocycles. The molecule has 0 amide bonds. The van der Waals surface area contributed by atoms with Crippen molar-refractivity contribution in [3.05, 3.63) is 108 Å². The first-order valence-electron chi connectivity index (χ1n) is 10.3. The second-order valence-corrected chi connectivity index (χ2v) is 7.28. The number of nitrogens with one attached hydrogen (secondary N) is 1. The lowest BCUT2D eigenvalue weighted by Gasteiger charge is -2.06. The fourth-order valence-electron chi connectivity index (χ4n) is 3.19. The van der Waals surface area contributed by atoms with E-state index in [-0.39, 0.29) is 18.0 Å². The van der Waals surface area contributed by atoms with Gasteiger partial charge in [-0.15, -0.1) is 0 Å². The molecule has 0 atom stereocenters. The number of nitrogens with zero attached hydrogens (tertiary/aromatic N) is 1. The zero-order chi connectivity index (χ0) is 22.2. The smallest absolute Gasteiger partial charge is 0.163 e. The summed E-state index contributed by atoms with van der Waals surface area (Å²) >= 11 is 0. The van der Waals surface area contributed by atoms with E-state index in [1.54, 1.807) is 18.3 Å². The number of aromatic nitrogens is 2. The van der Waals surface area contributed by atoms with Gasteiger partial charge in [0.15, 0.2) is 11.6 Å². The highest BCUT2D eigenvalue weighted by atomic mass is 16.5. The minimum absolute atomic E-state index is 0.173. The standard InChI is InChI=1S/C27H22N2O3/c30-24(18-25(31)12-9-21-7-10-22-13-15-29-27(22)17-21)11-8-20-4-3-6-26(16-20)32-19-23-5-1-2-14-28-23/h1-17,29H,18-19H2/b11-8+,12-9+. The van der Waals surface area contributed by atoms with Crippen molar-refractivity contribution >= 4 is 34.6 Å². The average Bonchev–Trinajstić information content (AvgIpc) is 3.29. The SMILES string of the molecule is O=C(/C=C/c1cccc(OCc2ccccn2)c1)CC(=O)/C=C/c1ccc2cc[nH]c2c1. The van der Waals surface area contributed by atoms with Gasteiger partial charge in [-0.05, 0) is 65.1 Å². The van der Waals surface area contributed by atoms with Crippen LogP contribution in [0, 0.1) is 0 Å². The molecule has 0 fully saturated rings. The van der Waals surface area contributed by atoms with Gasteiger partial charge in [0.05, 0.1) is 12.1 Å². The first kappa shape index (κ1) is 21.0. The molecule has 5 nitrogen and oxygen atoms in total. The quantitative estimate of drug-likeness (QED) is 0.290. The molecule has 0 aliphatic rings. The number of allylic oxidation sites excluding steroid dienone is 2. The van der Waals surface area contributed by atoms with Crippen LogP contribution in [0.15, 0.2) is 91.3 Å². The van der Waals surface area contributed by atoms with Crippen LogP contribution >= 0.6 is 0 Å². The second kappa shape index (κ2) is 10.2. The lowest BCUT2D eigenvalue weighted by Crippen LogP contribution is -2.02. The van der Waals surface area contributed by atoms with Crippen LogP contribution in [0.25, 0.3) is 23.1 Å². The number of pyridine rings is 1. The van der Waals surface area contributed by atoms with E-state index in [1.807, 2.05) is 72.9 Å². The molecular weight excluding hydrogens is 400 g/mol. The molecule has 4 rings (SSSR count). The number of carbonyl (C=O) groups excluding carboxylic acids is 2. The number of fused-ring (bicyclic) bond motifs is 1. The number of benzene rings is 2. The third-order valence-corrected chi connectivity index (χ3v) is 4.82. The Morgan fingerprint density at radius 1 is 0.875 bits per heavy atom. The number of hydrogen-bond donors (Lipinski definition) is 1. The van der Waals surface area contributed by atoms with Crippen LogP contribution in [0.3, 0.4) is 0 Å². The maximum atomic E-state index is 12.2. The van der Waals surface area contributed by atoms with Gasteiger partial charge in [-0.1, -0.05) is 42.5 Å². The third kappa shape index (κ3) is 5.89. The van der Waals surface area contributed by atoms with Crippen molar-refractivity contribution in [2.45, 2.75) is 13.0 Å². The fraction of sp³-hybridized carbons (Fsp3) is 0.0741. The van der Waals surface area contributed by atoms with E-state index in [1.165, 1.54) is 12.2 Å². The lowest BCUT2D eigenvalue weighted by molar-refractivity contribution is -0.121. The van der Waals surface area contributed by atoms with Gasteiger partial charge in [0.1, 0.15) is 12.4 Å². The van der Waals surface area contributed by atoms with Crippen molar-refractivity contribution < 1.29 is 14.3 Å². The van der Waals surface area contributed by atoms with Gasteiger partial charge >= 0.3 is 0 Å². The number of carbonyl (C=O) groups is 2. The minimum atomic E-state index is -0.251. The number of rotatable bonds is 9. The summed E-state index contributed by atoms with van der Waals surface area (Å²) in [6.07, 6.45) is 9.70. The van der Waals surface area contributed by atoms with E-state index in [4.69, 9.17) is 4.74 Å². The molecular formula is C27H22N2O3. The highest BCUT2D eigenvalue weighted by Crippen LogP contribution is 2.17. The van der Waals surface area contributed by atoms with E-state index < -0.39 is 0 Å². The van der Waals surface area contributed by atoms with Crippen molar-refractivity contribution in [2.75, 3.05) is 0 Å². The van der Waals surface area contributed by atoms with Gasteiger partial charge in [0.2, 0.25) is 0 Å². The molecule has 0 unspecified atom stereocenters. The molecule has 158 valence electrons. The Morgan fingerprint density at radius 3 is 2.47 bits per heavy atom. The number of ketones is 2. The number of hydrogen-bond acceptors (Lipinski definition) is 4. The molecule has 5 heteroatoms. The molecule has 0 saturated heterocycles. The summed E-state index contributed by atoms with van der Waals surface area (Å²) < 4.78 is 5.75. The van der Waals surface area contributed by atoms with Crippen molar-refractivity contribution in [3.8, 4) is 5.75 Å². The monoisotopic (exact) mass is 422 g/mol. The molecule has 0 aliphatic heterocycles. The van der Waals surface area contributed by atoms with Gasteiger partial charge < -0.3 is 9.72 Å². The predicted molar refractivity (Wildman–Crippen MR) is 126 cm³/mol. The van der Waals surface area contributed by atoms with E-state index in [9.17, 15) is 9.59 Å². The Kier molecular flexibility index (Phi) is 6.68. The Hall–Kier alpha value is -4.25. The first-order chi connectivity index (χ1) is 15.7. The second-order valence-electron chi connectivity index (χ2n) is 7.28. The lowest BCUT2D eigenvalue weighted by atomic mass is 10.1. The Labute approximate surface area is 186 Å². The topological polar surface area (TPSA) is 72.0 Å². The van der Waals surface area contributed by atoms with Crippen LogP contribution in [-0.4, -0.2) is 21.5 Å². The molecule has 1 N–H and O–H groups in total. The van der Waals surface area contributed by atoms with Crippen LogP contribution in [0.2, 0.25) is 0 Å². The summed E-state index contributed by atoms with van der Waals surface area (Å²) in [4.78, 5) is 31.7. The van der Waals surface area contributed by atoms with Gasteiger partial charge in [0, 0.05) is 17.9 Å². The highest BCUT2D eigenvalue weighted by Gasteiger charge is 2.04. The van der Waals surface area contributed by atoms with Gasteiger partial charge in [-0.2, -0.15) is 0 Å². The van der Waals surface area contributed by atoms with Crippen LogP contribution in [0.4, 0.5) is 0 Å². The van der Waals surface area contributed by atoms with Gasteiger partial charge in [-0.3, -0.25) is 14.6 Å². The summed E-state index contributed by atoms with van der Waals surface area (Å²) in [5.41, 5.74) is 3.56. The summed E-state index contributed by atoms with van der Waals surface area (Å²) in [5.74, 6) is 0.196. The maximum absolute atomic E-state index is 12.2. The number of ether oxygens (including phenoxy) is 1. The summed E-state index contributed by atoms with van der Waals surface area (Å²) in [5, 5.41) is 1.11.